The van der Waals surface area contributed by atoms with E-state index < -0.39 is 0 Å². The van der Waals surface area contributed by atoms with E-state index in [1.54, 1.807) is 0 Å². The topological polar surface area (TPSA) is 55.0 Å². The molecule has 0 saturated carbocycles. The van der Waals surface area contributed by atoms with Gasteiger partial charge in [-0.15, -0.1) is 0 Å². The lowest BCUT2D eigenvalue weighted by atomic mass is 9.96. The van der Waals surface area contributed by atoms with Gasteiger partial charge in [0.05, 0.1) is 0 Å². The molecule has 0 spiro atoms. The molecule has 4 heteroatoms. The SMILES string of the molecule is CCC(C)N(C)c1cc(N)nc(C(C)(C)C)n1. The normalized spacial score (nSPS) is 13.5. The van der Waals surface area contributed by atoms with E-state index in [0.29, 0.717) is 11.9 Å². The van der Waals surface area contributed by atoms with Gasteiger partial charge >= 0.3 is 0 Å². The lowest BCUT2D eigenvalue weighted by molar-refractivity contribution is 0.543. The maximum Gasteiger partial charge on any atom is 0.138 e. The van der Waals surface area contributed by atoms with Crippen molar-refractivity contribution in [2.75, 3.05) is 17.7 Å². The number of nitrogens with two attached hydrogens (primary N) is 1. The second-order valence-corrected chi connectivity index (χ2v) is 5.59. The van der Waals surface area contributed by atoms with Crippen LogP contribution in [0.2, 0.25) is 0 Å². The van der Waals surface area contributed by atoms with Crippen molar-refractivity contribution in [3.63, 3.8) is 0 Å². The van der Waals surface area contributed by atoms with Gasteiger partial charge < -0.3 is 10.6 Å². The van der Waals surface area contributed by atoms with E-state index in [2.05, 4.69) is 49.5 Å². The molecule has 17 heavy (non-hydrogen) atoms. The Bertz CT molecular complexity index is 381. The van der Waals surface area contributed by atoms with Gasteiger partial charge in [-0.05, 0) is 13.3 Å². The molecule has 0 aliphatic rings. The minimum Gasteiger partial charge on any atom is -0.384 e. The Morgan fingerprint density at radius 1 is 1.35 bits per heavy atom. The summed E-state index contributed by atoms with van der Waals surface area (Å²) in [4.78, 5) is 11.1. The van der Waals surface area contributed by atoms with Crippen molar-refractivity contribution in [2.24, 2.45) is 0 Å². The van der Waals surface area contributed by atoms with Crippen LogP contribution in [0.4, 0.5) is 11.6 Å². The molecule has 1 atom stereocenters. The zero-order chi connectivity index (χ0) is 13.2. The first-order valence-electron chi connectivity index (χ1n) is 6.13. The van der Waals surface area contributed by atoms with Crippen LogP contribution in [0.1, 0.15) is 46.9 Å². The molecule has 1 aromatic rings. The summed E-state index contributed by atoms with van der Waals surface area (Å²) in [7, 11) is 2.04. The molecule has 2 N–H and O–H groups in total. The monoisotopic (exact) mass is 236 g/mol. The second-order valence-electron chi connectivity index (χ2n) is 5.59. The van der Waals surface area contributed by atoms with Gasteiger partial charge in [0.25, 0.3) is 0 Å². The lowest BCUT2D eigenvalue weighted by Gasteiger charge is -2.27. The predicted molar refractivity (Wildman–Crippen MR) is 73.3 cm³/mol. The van der Waals surface area contributed by atoms with Crippen molar-refractivity contribution in [2.45, 2.75) is 52.5 Å². The molecule has 0 aliphatic carbocycles. The first-order chi connectivity index (χ1) is 7.75. The van der Waals surface area contributed by atoms with Crippen LogP contribution in [-0.2, 0) is 5.41 Å². The number of hydrogen-bond acceptors (Lipinski definition) is 4. The van der Waals surface area contributed by atoms with Gasteiger partial charge in [0.15, 0.2) is 0 Å². The van der Waals surface area contributed by atoms with E-state index in [4.69, 9.17) is 5.73 Å². The number of anilines is 2. The van der Waals surface area contributed by atoms with E-state index in [0.717, 1.165) is 18.1 Å². The standard InChI is InChI=1S/C13H24N4/c1-7-9(2)17(6)11-8-10(14)15-12(16-11)13(3,4)5/h8-9H,7H2,1-6H3,(H2,14,15,16). The number of nitrogen functional groups attached to an aromatic ring is 1. The average Bonchev–Trinajstić information content (AvgIpc) is 2.25. The highest BCUT2D eigenvalue weighted by Gasteiger charge is 2.20. The molecule has 0 amide bonds. The lowest BCUT2D eigenvalue weighted by Crippen LogP contribution is -2.30. The Hall–Kier alpha value is -1.32. The van der Waals surface area contributed by atoms with Gasteiger partial charge in [0.2, 0.25) is 0 Å². The van der Waals surface area contributed by atoms with Gasteiger partial charge in [0, 0.05) is 24.6 Å². The second kappa shape index (κ2) is 4.90. The van der Waals surface area contributed by atoms with Gasteiger partial charge in [0.1, 0.15) is 17.5 Å². The van der Waals surface area contributed by atoms with Crippen LogP contribution in [0.15, 0.2) is 6.07 Å². The molecule has 0 radical (unpaired) electrons. The summed E-state index contributed by atoms with van der Waals surface area (Å²) < 4.78 is 0. The van der Waals surface area contributed by atoms with Crippen molar-refractivity contribution >= 4 is 11.6 Å². The summed E-state index contributed by atoms with van der Waals surface area (Å²) in [6.45, 7) is 10.6. The van der Waals surface area contributed by atoms with E-state index in [1.807, 2.05) is 13.1 Å². The third kappa shape index (κ3) is 3.32. The van der Waals surface area contributed by atoms with Crippen LogP contribution in [0.5, 0.6) is 0 Å². The first kappa shape index (κ1) is 13.7. The molecule has 1 heterocycles. The van der Waals surface area contributed by atoms with Crippen molar-refractivity contribution in [3.8, 4) is 0 Å². The molecule has 0 aliphatic heterocycles. The summed E-state index contributed by atoms with van der Waals surface area (Å²) in [6, 6.07) is 2.28. The summed E-state index contributed by atoms with van der Waals surface area (Å²) >= 11 is 0. The fourth-order valence-corrected chi connectivity index (χ4v) is 1.47. The Balaban J connectivity index is 3.14. The van der Waals surface area contributed by atoms with Crippen molar-refractivity contribution in [1.82, 2.24) is 9.97 Å². The maximum absolute atomic E-state index is 5.86. The Labute approximate surface area is 104 Å². The van der Waals surface area contributed by atoms with Crippen LogP contribution in [0.25, 0.3) is 0 Å². The number of rotatable bonds is 3. The van der Waals surface area contributed by atoms with Crippen LogP contribution < -0.4 is 10.6 Å². The average molecular weight is 236 g/mol. The maximum atomic E-state index is 5.86. The summed E-state index contributed by atoms with van der Waals surface area (Å²) in [6.07, 6.45) is 1.07. The Morgan fingerprint density at radius 3 is 2.41 bits per heavy atom. The molecule has 4 nitrogen and oxygen atoms in total. The van der Waals surface area contributed by atoms with Gasteiger partial charge in [-0.3, -0.25) is 0 Å². The van der Waals surface area contributed by atoms with Crippen molar-refractivity contribution in [3.05, 3.63) is 11.9 Å². The number of hydrogen-bond donors (Lipinski definition) is 1. The molecule has 96 valence electrons. The van der Waals surface area contributed by atoms with Gasteiger partial charge in [-0.25, -0.2) is 9.97 Å². The quantitative estimate of drug-likeness (QED) is 0.876. The molecule has 1 rings (SSSR count). The highest BCUT2D eigenvalue weighted by atomic mass is 15.2. The third-order valence-electron chi connectivity index (χ3n) is 3.02. The molecule has 0 bridgehead atoms. The van der Waals surface area contributed by atoms with E-state index in [1.165, 1.54) is 0 Å². The zero-order valence-electron chi connectivity index (χ0n) is 11.8. The molecular formula is C13H24N4. The Morgan fingerprint density at radius 2 is 1.94 bits per heavy atom. The molecule has 0 fully saturated rings. The third-order valence-corrected chi connectivity index (χ3v) is 3.02. The summed E-state index contributed by atoms with van der Waals surface area (Å²) in [5, 5.41) is 0. The highest BCUT2D eigenvalue weighted by Crippen LogP contribution is 2.23. The molecule has 0 aromatic carbocycles. The molecule has 1 aromatic heterocycles. The predicted octanol–water partition coefficient (Wildman–Crippen LogP) is 2.59. The van der Waals surface area contributed by atoms with Crippen LogP contribution >= 0.6 is 0 Å². The fourth-order valence-electron chi connectivity index (χ4n) is 1.47. The minimum absolute atomic E-state index is 0.0829. The molecular weight excluding hydrogens is 212 g/mol. The number of aromatic nitrogens is 2. The largest absolute Gasteiger partial charge is 0.384 e. The molecule has 0 saturated heterocycles. The summed E-state index contributed by atoms with van der Waals surface area (Å²) in [5.74, 6) is 2.23. The highest BCUT2D eigenvalue weighted by molar-refractivity contribution is 5.47. The van der Waals surface area contributed by atoms with Crippen LogP contribution in [-0.4, -0.2) is 23.1 Å². The van der Waals surface area contributed by atoms with Crippen LogP contribution in [0, 0.1) is 0 Å². The van der Waals surface area contributed by atoms with E-state index in [-0.39, 0.29) is 5.41 Å². The Kier molecular flexibility index (Phi) is 3.96. The fraction of sp³-hybridized carbons (Fsp3) is 0.692. The van der Waals surface area contributed by atoms with Crippen molar-refractivity contribution in [1.29, 1.82) is 0 Å². The molecule has 1 unspecified atom stereocenters. The number of nitrogens with zero attached hydrogens (tertiary/aromatic N) is 3. The first-order valence-corrected chi connectivity index (χ1v) is 6.13. The smallest absolute Gasteiger partial charge is 0.138 e. The zero-order valence-corrected chi connectivity index (χ0v) is 11.8. The van der Waals surface area contributed by atoms with E-state index >= 15 is 0 Å². The minimum atomic E-state index is -0.0829. The van der Waals surface area contributed by atoms with Gasteiger partial charge in [-0.1, -0.05) is 27.7 Å². The summed E-state index contributed by atoms with van der Waals surface area (Å²) in [5.41, 5.74) is 5.77. The van der Waals surface area contributed by atoms with E-state index in [9.17, 15) is 0 Å². The van der Waals surface area contributed by atoms with Gasteiger partial charge in [-0.2, -0.15) is 0 Å². The van der Waals surface area contributed by atoms with Crippen molar-refractivity contribution < 1.29 is 0 Å². The van der Waals surface area contributed by atoms with Crippen LogP contribution in [0.3, 0.4) is 0 Å².